The predicted octanol–water partition coefficient (Wildman–Crippen LogP) is 4.03. The molecule has 2 aromatic heterocycles. The molecule has 2 aliphatic rings. The average molecular weight is 541 g/mol. The molecule has 3 heterocycles. The Hall–Kier alpha value is -3.24. The van der Waals surface area contributed by atoms with E-state index in [1.165, 1.54) is 0 Å². The van der Waals surface area contributed by atoms with Gasteiger partial charge in [0.25, 0.3) is 0 Å². The molecule has 1 saturated carbocycles. The van der Waals surface area contributed by atoms with E-state index in [1.807, 2.05) is 53.6 Å². The van der Waals surface area contributed by atoms with Crippen molar-refractivity contribution in [1.82, 2.24) is 24.8 Å². The SMILES string of the molecule is CC(C)[C@H](NC(=O)CN(c1nc(Cl)nc2c1ncn2C1CCCCO1)C1CC1)C(=O)OCc1ccccc1. The lowest BCUT2D eigenvalue weighted by Crippen LogP contribution is -2.49. The van der Waals surface area contributed by atoms with E-state index in [2.05, 4.69) is 20.3 Å². The third kappa shape index (κ3) is 6.07. The van der Waals surface area contributed by atoms with E-state index in [0.717, 1.165) is 37.7 Å². The van der Waals surface area contributed by atoms with E-state index in [4.69, 9.17) is 21.1 Å². The van der Waals surface area contributed by atoms with Crippen LogP contribution in [0.5, 0.6) is 0 Å². The van der Waals surface area contributed by atoms with Crippen molar-refractivity contribution in [2.24, 2.45) is 5.92 Å². The van der Waals surface area contributed by atoms with Gasteiger partial charge in [-0.25, -0.2) is 9.78 Å². The van der Waals surface area contributed by atoms with Gasteiger partial charge >= 0.3 is 5.97 Å². The second kappa shape index (κ2) is 11.7. The molecule has 1 unspecified atom stereocenters. The van der Waals surface area contributed by atoms with E-state index in [-0.39, 0.29) is 42.5 Å². The van der Waals surface area contributed by atoms with Crippen LogP contribution in [0.25, 0.3) is 11.2 Å². The highest BCUT2D eigenvalue weighted by atomic mass is 35.5. The highest BCUT2D eigenvalue weighted by molar-refractivity contribution is 6.28. The molecule has 10 nitrogen and oxygen atoms in total. The zero-order valence-electron chi connectivity index (χ0n) is 21.7. The van der Waals surface area contributed by atoms with Crippen molar-refractivity contribution in [1.29, 1.82) is 0 Å². The summed E-state index contributed by atoms with van der Waals surface area (Å²) in [6.45, 7) is 4.60. The van der Waals surface area contributed by atoms with E-state index in [1.54, 1.807) is 6.33 Å². The van der Waals surface area contributed by atoms with E-state index in [9.17, 15) is 9.59 Å². The molecule has 5 rings (SSSR count). The number of imidazole rings is 1. The maximum absolute atomic E-state index is 13.2. The molecule has 1 saturated heterocycles. The molecule has 1 aliphatic heterocycles. The number of fused-ring (bicyclic) bond motifs is 1. The molecule has 0 spiro atoms. The first kappa shape index (κ1) is 26.4. The van der Waals surface area contributed by atoms with Crippen LogP contribution in [-0.2, 0) is 25.7 Å². The zero-order chi connectivity index (χ0) is 26.6. The summed E-state index contributed by atoms with van der Waals surface area (Å²) >= 11 is 6.36. The smallest absolute Gasteiger partial charge is 0.329 e. The van der Waals surface area contributed by atoms with Crippen LogP contribution in [0.2, 0.25) is 5.28 Å². The summed E-state index contributed by atoms with van der Waals surface area (Å²) in [5, 5.41) is 2.96. The fourth-order valence-electron chi connectivity index (χ4n) is 4.68. The standard InChI is InChI=1S/C27H33ClN6O4/c1-17(2)22(26(36)38-15-18-8-4-3-5-9-18)30-20(35)14-33(19-11-12-19)24-23-25(32-27(28)31-24)34(16-29-23)21-10-6-7-13-37-21/h3-5,8-9,16-17,19,21-22H,6-7,10-15H2,1-2H3,(H,30,35)/t21?,22-/m0/s1. The maximum Gasteiger partial charge on any atom is 0.329 e. The summed E-state index contributed by atoms with van der Waals surface area (Å²) in [5.74, 6) is -0.401. The van der Waals surface area contributed by atoms with Gasteiger partial charge in [0, 0.05) is 12.6 Å². The molecule has 11 heteroatoms. The summed E-state index contributed by atoms with van der Waals surface area (Å²) in [7, 11) is 0. The number of amides is 1. The Labute approximate surface area is 226 Å². The summed E-state index contributed by atoms with van der Waals surface area (Å²) in [6.07, 6.45) is 6.37. The van der Waals surface area contributed by atoms with E-state index < -0.39 is 12.0 Å². The topological polar surface area (TPSA) is 111 Å². The van der Waals surface area contributed by atoms with Gasteiger partial charge in [-0.2, -0.15) is 9.97 Å². The van der Waals surface area contributed by atoms with Crippen molar-refractivity contribution in [3.63, 3.8) is 0 Å². The summed E-state index contributed by atoms with van der Waals surface area (Å²) < 4.78 is 13.3. The summed E-state index contributed by atoms with van der Waals surface area (Å²) in [4.78, 5) is 41.5. The highest BCUT2D eigenvalue weighted by Crippen LogP contribution is 2.35. The first-order chi connectivity index (χ1) is 18.4. The Morgan fingerprint density at radius 3 is 2.66 bits per heavy atom. The predicted molar refractivity (Wildman–Crippen MR) is 143 cm³/mol. The van der Waals surface area contributed by atoms with Crippen molar-refractivity contribution in [3.8, 4) is 0 Å². The molecule has 2 atom stereocenters. The number of benzene rings is 1. The largest absolute Gasteiger partial charge is 0.459 e. The highest BCUT2D eigenvalue weighted by Gasteiger charge is 2.35. The molecule has 1 N–H and O–H groups in total. The fraction of sp³-hybridized carbons (Fsp3) is 0.519. The van der Waals surface area contributed by atoms with Gasteiger partial charge in [-0.15, -0.1) is 0 Å². The molecular weight excluding hydrogens is 508 g/mol. The van der Waals surface area contributed by atoms with Gasteiger partial charge < -0.3 is 19.7 Å². The number of rotatable bonds is 10. The number of halogens is 1. The molecule has 3 aromatic rings. The fourth-order valence-corrected chi connectivity index (χ4v) is 4.84. The Morgan fingerprint density at radius 1 is 1.18 bits per heavy atom. The van der Waals surface area contributed by atoms with Crippen LogP contribution in [0.4, 0.5) is 5.82 Å². The summed E-state index contributed by atoms with van der Waals surface area (Å²) in [6, 6.07) is 8.81. The second-order valence-electron chi connectivity index (χ2n) is 10.2. The lowest BCUT2D eigenvalue weighted by Gasteiger charge is -2.26. The van der Waals surface area contributed by atoms with Gasteiger partial charge in [-0.3, -0.25) is 9.36 Å². The van der Waals surface area contributed by atoms with E-state index in [0.29, 0.717) is 23.6 Å². The van der Waals surface area contributed by atoms with Gasteiger partial charge in [0.05, 0.1) is 12.9 Å². The number of nitrogens with one attached hydrogen (secondary N) is 1. The number of carbonyl (C=O) groups is 2. The molecule has 1 amide bonds. The normalized spacial score (nSPS) is 18.4. The number of esters is 1. The van der Waals surface area contributed by atoms with Gasteiger partial charge in [-0.1, -0.05) is 44.2 Å². The third-order valence-electron chi connectivity index (χ3n) is 6.88. The van der Waals surface area contributed by atoms with Gasteiger partial charge in [0.1, 0.15) is 18.9 Å². The molecule has 38 heavy (non-hydrogen) atoms. The molecular formula is C27H33ClN6O4. The first-order valence-electron chi connectivity index (χ1n) is 13.2. The number of ether oxygens (including phenoxy) is 2. The quantitative estimate of drug-likeness (QED) is 0.303. The number of anilines is 1. The monoisotopic (exact) mass is 540 g/mol. The Morgan fingerprint density at radius 2 is 1.97 bits per heavy atom. The number of hydrogen-bond acceptors (Lipinski definition) is 8. The van der Waals surface area contributed by atoms with Crippen LogP contribution in [0.3, 0.4) is 0 Å². The van der Waals surface area contributed by atoms with Gasteiger partial charge in [-0.05, 0) is 55.2 Å². The molecule has 2 fully saturated rings. The Bertz CT molecular complexity index is 1270. The molecule has 1 aromatic carbocycles. The number of hydrogen-bond donors (Lipinski definition) is 1. The minimum Gasteiger partial charge on any atom is -0.459 e. The van der Waals surface area contributed by atoms with Crippen molar-refractivity contribution in [3.05, 3.63) is 47.5 Å². The van der Waals surface area contributed by atoms with Crippen LogP contribution >= 0.6 is 11.6 Å². The second-order valence-corrected chi connectivity index (χ2v) is 10.5. The van der Waals surface area contributed by atoms with Gasteiger partial charge in [0.15, 0.2) is 17.0 Å². The lowest BCUT2D eigenvalue weighted by atomic mass is 10.0. The minimum absolute atomic E-state index is 0.00901. The van der Waals surface area contributed by atoms with Crippen LogP contribution in [0.15, 0.2) is 36.7 Å². The Kier molecular flexibility index (Phi) is 8.09. The molecule has 1 aliphatic carbocycles. The molecule has 202 valence electrons. The van der Waals surface area contributed by atoms with Crippen LogP contribution in [0, 0.1) is 5.92 Å². The third-order valence-corrected chi connectivity index (χ3v) is 7.05. The number of aromatic nitrogens is 4. The lowest BCUT2D eigenvalue weighted by molar-refractivity contribution is -0.150. The number of nitrogens with zero attached hydrogens (tertiary/aromatic N) is 5. The van der Waals surface area contributed by atoms with E-state index >= 15 is 0 Å². The van der Waals surface area contributed by atoms with Crippen LogP contribution < -0.4 is 10.2 Å². The van der Waals surface area contributed by atoms with Crippen molar-refractivity contribution in [2.45, 2.75) is 70.9 Å². The Balaban J connectivity index is 1.32. The zero-order valence-corrected chi connectivity index (χ0v) is 22.4. The number of carbonyl (C=O) groups excluding carboxylic acids is 2. The molecule has 0 radical (unpaired) electrons. The summed E-state index contributed by atoms with van der Waals surface area (Å²) in [5.41, 5.74) is 2.05. The van der Waals surface area contributed by atoms with Gasteiger partial charge in [0.2, 0.25) is 11.2 Å². The molecule has 0 bridgehead atoms. The van der Waals surface area contributed by atoms with Crippen molar-refractivity contribution in [2.75, 3.05) is 18.1 Å². The van der Waals surface area contributed by atoms with Crippen LogP contribution in [0.1, 0.15) is 57.7 Å². The van der Waals surface area contributed by atoms with Crippen molar-refractivity contribution < 1.29 is 19.1 Å². The van der Waals surface area contributed by atoms with Crippen LogP contribution in [-0.4, -0.2) is 56.6 Å². The average Bonchev–Trinajstić information content (AvgIpc) is 3.68. The first-order valence-corrected chi connectivity index (χ1v) is 13.6. The minimum atomic E-state index is -0.774. The maximum atomic E-state index is 13.2. The van der Waals surface area contributed by atoms with Crippen molar-refractivity contribution >= 4 is 40.5 Å².